The summed E-state index contributed by atoms with van der Waals surface area (Å²) in [6.45, 7) is 3.44. The number of carbonyl (C=O) groups excluding carboxylic acids is 1. The Labute approximate surface area is 149 Å². The van der Waals surface area contributed by atoms with Gasteiger partial charge in [0.25, 0.3) is 5.91 Å². The lowest BCUT2D eigenvalue weighted by Crippen LogP contribution is -2.58. The highest BCUT2D eigenvalue weighted by Crippen LogP contribution is 2.27. The number of guanidine groups is 1. The molecule has 0 spiro atoms. The Kier molecular flexibility index (Phi) is 3.57. The van der Waals surface area contributed by atoms with E-state index in [1.165, 1.54) is 25.9 Å². The van der Waals surface area contributed by atoms with E-state index in [9.17, 15) is 4.79 Å². The third-order valence-electron chi connectivity index (χ3n) is 5.33. The number of aromatic nitrogens is 1. The van der Waals surface area contributed by atoms with Crippen molar-refractivity contribution in [3.8, 4) is 0 Å². The van der Waals surface area contributed by atoms with Crippen molar-refractivity contribution in [3.05, 3.63) is 35.0 Å². The number of nitrogens with zero attached hydrogens (tertiary/aromatic N) is 3. The standard InChI is InChI=1S/C18H19N5OS/c24-17-14(7-11-1-2-13-16(8-11)25-10-19-13)20-18(22-17)21-15-9-23-5-3-12(15)4-6-23/h1-2,7-8,10,12,15H,3-6,9H2,(H2,20,21,22,24)/b14-7-/t15-/m0/s1. The van der Waals surface area contributed by atoms with Crippen LogP contribution in [0.5, 0.6) is 0 Å². The summed E-state index contributed by atoms with van der Waals surface area (Å²) in [5, 5.41) is 6.32. The zero-order valence-electron chi connectivity index (χ0n) is 13.7. The third kappa shape index (κ3) is 2.83. The van der Waals surface area contributed by atoms with E-state index >= 15 is 0 Å². The van der Waals surface area contributed by atoms with Gasteiger partial charge in [-0.2, -0.15) is 0 Å². The Morgan fingerprint density at radius 2 is 2.20 bits per heavy atom. The summed E-state index contributed by atoms with van der Waals surface area (Å²) >= 11 is 1.60. The maximum atomic E-state index is 12.3. The van der Waals surface area contributed by atoms with E-state index in [0.717, 1.165) is 22.3 Å². The minimum Gasteiger partial charge on any atom is -0.351 e. The molecular weight excluding hydrogens is 334 g/mol. The van der Waals surface area contributed by atoms with Crippen molar-refractivity contribution in [3.63, 3.8) is 0 Å². The normalized spacial score (nSPS) is 29.9. The lowest BCUT2D eigenvalue weighted by Gasteiger charge is -2.45. The van der Waals surface area contributed by atoms with Crippen LogP contribution in [0.25, 0.3) is 16.3 Å². The van der Waals surface area contributed by atoms with Gasteiger partial charge < -0.3 is 10.2 Å². The van der Waals surface area contributed by atoms with Gasteiger partial charge in [0, 0.05) is 12.6 Å². The van der Waals surface area contributed by atoms with Gasteiger partial charge in [0.05, 0.1) is 15.7 Å². The lowest BCUT2D eigenvalue weighted by molar-refractivity contribution is -0.115. The lowest BCUT2D eigenvalue weighted by atomic mass is 9.84. The molecule has 0 radical (unpaired) electrons. The zero-order valence-corrected chi connectivity index (χ0v) is 14.6. The van der Waals surface area contributed by atoms with Crippen LogP contribution in [0, 0.1) is 5.92 Å². The van der Waals surface area contributed by atoms with E-state index in [0.29, 0.717) is 23.6 Å². The number of amides is 1. The van der Waals surface area contributed by atoms with Crippen molar-refractivity contribution >= 4 is 39.5 Å². The van der Waals surface area contributed by atoms with Crippen LogP contribution < -0.4 is 10.6 Å². The summed E-state index contributed by atoms with van der Waals surface area (Å²) in [6.07, 6.45) is 4.30. The minimum atomic E-state index is -0.145. The summed E-state index contributed by atoms with van der Waals surface area (Å²) in [5.41, 5.74) is 4.23. The van der Waals surface area contributed by atoms with E-state index in [1.54, 1.807) is 11.3 Å². The molecular formula is C18H19N5OS. The van der Waals surface area contributed by atoms with Crippen LogP contribution in [0.3, 0.4) is 0 Å². The van der Waals surface area contributed by atoms with E-state index in [2.05, 4.69) is 25.5 Å². The van der Waals surface area contributed by atoms with Crippen LogP contribution >= 0.6 is 11.3 Å². The highest BCUT2D eigenvalue weighted by Gasteiger charge is 2.35. The molecule has 1 aromatic carbocycles. The van der Waals surface area contributed by atoms with Crippen molar-refractivity contribution < 1.29 is 4.79 Å². The number of aliphatic imine (C=N–C) groups is 1. The van der Waals surface area contributed by atoms with Crippen molar-refractivity contribution in [2.24, 2.45) is 10.9 Å². The molecule has 6 nitrogen and oxygen atoms in total. The number of carbonyl (C=O) groups is 1. The summed E-state index contributed by atoms with van der Waals surface area (Å²) in [7, 11) is 0. The first-order chi connectivity index (χ1) is 12.2. The SMILES string of the molecule is O=C1NC(N[C@H]2CN3CCC2CC3)=N/C1=C\c1ccc2ncsc2c1. The number of piperidine rings is 3. The van der Waals surface area contributed by atoms with E-state index in [1.807, 2.05) is 29.8 Å². The van der Waals surface area contributed by atoms with E-state index in [-0.39, 0.29) is 5.91 Å². The highest BCUT2D eigenvalue weighted by molar-refractivity contribution is 7.16. The quantitative estimate of drug-likeness (QED) is 0.808. The molecule has 0 unspecified atom stereocenters. The first-order valence-corrected chi connectivity index (χ1v) is 9.56. The topological polar surface area (TPSA) is 69.6 Å². The molecule has 4 aliphatic heterocycles. The average molecular weight is 353 g/mol. The van der Waals surface area contributed by atoms with Crippen LogP contribution in [0.2, 0.25) is 0 Å². The molecule has 1 atom stereocenters. The van der Waals surface area contributed by atoms with Gasteiger partial charge in [0.2, 0.25) is 5.96 Å². The van der Waals surface area contributed by atoms with Crippen LogP contribution in [-0.4, -0.2) is 47.4 Å². The van der Waals surface area contributed by atoms with Gasteiger partial charge in [0.15, 0.2) is 0 Å². The molecule has 6 rings (SSSR count). The number of fused-ring (bicyclic) bond motifs is 4. The highest BCUT2D eigenvalue weighted by atomic mass is 32.1. The Morgan fingerprint density at radius 1 is 1.32 bits per heavy atom. The molecule has 0 aliphatic carbocycles. The Morgan fingerprint density at radius 3 is 3.00 bits per heavy atom. The molecule has 0 saturated carbocycles. The number of hydrogen-bond acceptors (Lipinski definition) is 6. The van der Waals surface area contributed by atoms with Crippen LogP contribution in [-0.2, 0) is 4.79 Å². The summed E-state index contributed by atoms with van der Waals surface area (Å²) in [5.74, 6) is 1.13. The van der Waals surface area contributed by atoms with Gasteiger partial charge in [-0.05, 0) is 55.6 Å². The van der Waals surface area contributed by atoms with Crippen molar-refractivity contribution in [1.82, 2.24) is 20.5 Å². The van der Waals surface area contributed by atoms with E-state index < -0.39 is 0 Å². The second-order valence-electron chi connectivity index (χ2n) is 6.91. The number of hydrogen-bond donors (Lipinski definition) is 2. The van der Waals surface area contributed by atoms with Gasteiger partial charge in [-0.15, -0.1) is 11.3 Å². The third-order valence-corrected chi connectivity index (χ3v) is 6.13. The van der Waals surface area contributed by atoms with Gasteiger partial charge in [-0.1, -0.05) is 6.07 Å². The molecule has 2 aromatic rings. The molecule has 128 valence electrons. The molecule has 25 heavy (non-hydrogen) atoms. The number of thiazole rings is 1. The van der Waals surface area contributed by atoms with Gasteiger partial charge >= 0.3 is 0 Å². The van der Waals surface area contributed by atoms with Gasteiger partial charge in [0.1, 0.15) is 5.70 Å². The molecule has 5 heterocycles. The molecule has 2 N–H and O–H groups in total. The van der Waals surface area contributed by atoms with Crippen LogP contribution in [0.15, 0.2) is 34.4 Å². The van der Waals surface area contributed by atoms with Gasteiger partial charge in [-0.25, -0.2) is 9.98 Å². The predicted molar refractivity (Wildman–Crippen MR) is 99.3 cm³/mol. The van der Waals surface area contributed by atoms with E-state index in [4.69, 9.17) is 0 Å². The molecule has 1 amide bonds. The molecule has 7 heteroatoms. The number of benzene rings is 1. The maximum absolute atomic E-state index is 12.3. The van der Waals surface area contributed by atoms with Crippen molar-refractivity contribution in [1.29, 1.82) is 0 Å². The summed E-state index contributed by atoms with van der Waals surface area (Å²) < 4.78 is 1.11. The minimum absolute atomic E-state index is 0.145. The zero-order chi connectivity index (χ0) is 16.8. The van der Waals surface area contributed by atoms with Crippen LogP contribution in [0.1, 0.15) is 18.4 Å². The fourth-order valence-electron chi connectivity index (χ4n) is 3.96. The van der Waals surface area contributed by atoms with Crippen LogP contribution in [0.4, 0.5) is 0 Å². The molecule has 3 fully saturated rings. The van der Waals surface area contributed by atoms with Gasteiger partial charge in [-0.3, -0.25) is 10.1 Å². The average Bonchev–Trinajstić information content (AvgIpc) is 3.22. The summed E-state index contributed by atoms with van der Waals surface area (Å²) in [4.78, 5) is 23.5. The summed E-state index contributed by atoms with van der Waals surface area (Å²) in [6, 6.07) is 6.37. The largest absolute Gasteiger partial charge is 0.351 e. The Bertz CT molecular complexity index is 894. The number of nitrogens with one attached hydrogen (secondary N) is 2. The fraction of sp³-hybridized carbons (Fsp3) is 0.389. The maximum Gasteiger partial charge on any atom is 0.276 e. The predicted octanol–water partition coefficient (Wildman–Crippen LogP) is 1.81. The molecule has 1 aromatic heterocycles. The van der Waals surface area contributed by atoms with Crippen molar-refractivity contribution in [2.45, 2.75) is 18.9 Å². The second-order valence-corrected chi connectivity index (χ2v) is 7.80. The second kappa shape index (κ2) is 5.93. The molecule has 3 saturated heterocycles. The monoisotopic (exact) mass is 353 g/mol. The smallest absolute Gasteiger partial charge is 0.276 e. The Hall–Kier alpha value is -2.25. The first-order valence-electron chi connectivity index (χ1n) is 8.68. The Balaban J connectivity index is 1.36. The molecule has 4 aliphatic rings. The fourth-order valence-corrected chi connectivity index (χ4v) is 4.69. The first kappa shape index (κ1) is 15.0. The van der Waals surface area contributed by atoms with Crippen molar-refractivity contribution in [2.75, 3.05) is 19.6 Å². The molecule has 2 bridgehead atoms. The number of rotatable bonds is 2.